The summed E-state index contributed by atoms with van der Waals surface area (Å²) < 4.78 is 0. The number of amidine groups is 2. The predicted octanol–water partition coefficient (Wildman–Crippen LogP) is 1.71. The maximum Gasteiger partial charge on any atom is 0.243 e. The van der Waals surface area contributed by atoms with E-state index in [1.165, 1.54) is 0 Å². The quantitative estimate of drug-likeness (QED) is 0.625. The Labute approximate surface area is 140 Å². The lowest BCUT2D eigenvalue weighted by Crippen LogP contribution is -2.44. The molecule has 2 heterocycles. The molecule has 1 aromatic carbocycles. The number of hydrogen-bond acceptors (Lipinski definition) is 6. The molecule has 0 fully saturated rings. The van der Waals surface area contributed by atoms with Crippen molar-refractivity contribution in [1.29, 1.82) is 0 Å². The first-order valence-electron chi connectivity index (χ1n) is 7.59. The Morgan fingerprint density at radius 1 is 1.12 bits per heavy atom. The SMILES string of the molecule is CC(=Cc1ccccc1)C1=NC2=C(C(=O)C=O)N(C)CN(C)C2=N1. The van der Waals surface area contributed by atoms with Crippen LogP contribution in [0.1, 0.15) is 12.5 Å². The molecule has 0 aromatic heterocycles. The molecule has 0 spiro atoms. The second-order valence-corrected chi connectivity index (χ2v) is 5.83. The van der Waals surface area contributed by atoms with Crippen molar-refractivity contribution in [2.45, 2.75) is 6.92 Å². The fourth-order valence-corrected chi connectivity index (χ4v) is 2.80. The van der Waals surface area contributed by atoms with Crippen LogP contribution in [0.3, 0.4) is 0 Å². The van der Waals surface area contributed by atoms with Crippen molar-refractivity contribution in [1.82, 2.24) is 9.80 Å². The second kappa shape index (κ2) is 6.23. The number of aliphatic imine (C=N–C) groups is 2. The molecule has 2 aliphatic heterocycles. The average Bonchev–Trinajstić information content (AvgIpc) is 3.01. The van der Waals surface area contributed by atoms with Crippen molar-refractivity contribution in [2.75, 3.05) is 20.8 Å². The lowest BCUT2D eigenvalue weighted by Gasteiger charge is -2.33. The summed E-state index contributed by atoms with van der Waals surface area (Å²) in [5.74, 6) is 0.597. The summed E-state index contributed by atoms with van der Waals surface area (Å²) in [7, 11) is 3.64. The van der Waals surface area contributed by atoms with E-state index in [4.69, 9.17) is 0 Å². The van der Waals surface area contributed by atoms with E-state index in [1.807, 2.05) is 55.3 Å². The molecule has 0 atom stereocenters. The van der Waals surface area contributed by atoms with Crippen LogP contribution in [0.15, 0.2) is 57.3 Å². The normalized spacial score (nSPS) is 17.5. The summed E-state index contributed by atoms with van der Waals surface area (Å²) in [5.41, 5.74) is 2.70. The highest BCUT2D eigenvalue weighted by Crippen LogP contribution is 2.26. The highest BCUT2D eigenvalue weighted by molar-refractivity contribution is 6.35. The molecule has 3 rings (SSSR count). The molecule has 0 saturated carbocycles. The van der Waals surface area contributed by atoms with E-state index >= 15 is 0 Å². The first-order chi connectivity index (χ1) is 11.5. The first kappa shape index (κ1) is 15.9. The first-order valence-corrected chi connectivity index (χ1v) is 7.59. The molecule has 24 heavy (non-hydrogen) atoms. The van der Waals surface area contributed by atoms with Gasteiger partial charge in [-0.25, -0.2) is 9.98 Å². The van der Waals surface area contributed by atoms with Crippen LogP contribution < -0.4 is 0 Å². The van der Waals surface area contributed by atoms with Gasteiger partial charge in [0, 0.05) is 14.1 Å². The number of allylic oxidation sites excluding steroid dienone is 1. The summed E-state index contributed by atoms with van der Waals surface area (Å²) >= 11 is 0. The molecule has 2 aliphatic rings. The number of aldehydes is 1. The van der Waals surface area contributed by atoms with Gasteiger partial charge in [0.2, 0.25) is 5.78 Å². The standard InChI is InChI=1S/C18H18N4O2/c1-12(9-13-7-5-4-6-8-13)17-19-15-16(14(24)10-23)21(2)11-22(3)18(15)20-17/h4-10H,11H2,1-3H3. The number of carbonyl (C=O) groups is 2. The van der Waals surface area contributed by atoms with Crippen molar-refractivity contribution < 1.29 is 9.59 Å². The van der Waals surface area contributed by atoms with Gasteiger partial charge in [0.15, 0.2) is 18.0 Å². The van der Waals surface area contributed by atoms with Crippen molar-refractivity contribution in [3.63, 3.8) is 0 Å². The van der Waals surface area contributed by atoms with Gasteiger partial charge in [-0.2, -0.15) is 0 Å². The Morgan fingerprint density at radius 2 is 1.83 bits per heavy atom. The summed E-state index contributed by atoms with van der Waals surface area (Å²) in [6, 6.07) is 9.89. The van der Waals surface area contributed by atoms with Crippen LogP contribution in [0, 0.1) is 0 Å². The number of Topliss-reactive ketones (excluding diaryl/α,β-unsaturated/α-hetero) is 1. The van der Waals surface area contributed by atoms with Crippen molar-refractivity contribution in [3.05, 3.63) is 52.9 Å². The Balaban J connectivity index is 2.05. The molecule has 0 N–H and O–H groups in total. The number of benzene rings is 1. The van der Waals surface area contributed by atoms with Gasteiger partial charge < -0.3 is 9.80 Å². The van der Waals surface area contributed by atoms with E-state index in [0.717, 1.165) is 11.1 Å². The fourth-order valence-electron chi connectivity index (χ4n) is 2.80. The Bertz CT molecular complexity index is 819. The molecule has 0 aliphatic carbocycles. The monoisotopic (exact) mass is 322 g/mol. The van der Waals surface area contributed by atoms with E-state index in [1.54, 1.807) is 11.9 Å². The largest absolute Gasteiger partial charge is 0.352 e. The lowest BCUT2D eigenvalue weighted by atomic mass is 10.1. The zero-order valence-corrected chi connectivity index (χ0v) is 13.9. The maximum atomic E-state index is 12.0. The van der Waals surface area contributed by atoms with E-state index in [-0.39, 0.29) is 0 Å². The van der Waals surface area contributed by atoms with Gasteiger partial charge in [-0.15, -0.1) is 0 Å². The number of hydrogen-bond donors (Lipinski definition) is 0. The minimum absolute atomic E-state index is 0.296. The smallest absolute Gasteiger partial charge is 0.243 e. The molecular formula is C18H18N4O2. The van der Waals surface area contributed by atoms with Gasteiger partial charge in [-0.3, -0.25) is 9.59 Å². The van der Waals surface area contributed by atoms with Gasteiger partial charge in [0.25, 0.3) is 0 Å². The van der Waals surface area contributed by atoms with Crippen LogP contribution in [0.5, 0.6) is 0 Å². The van der Waals surface area contributed by atoms with Crippen molar-refractivity contribution >= 4 is 29.8 Å². The zero-order valence-electron chi connectivity index (χ0n) is 13.9. The maximum absolute atomic E-state index is 12.0. The van der Waals surface area contributed by atoms with Crippen LogP contribution >= 0.6 is 0 Å². The summed E-state index contributed by atoms with van der Waals surface area (Å²) in [5, 5.41) is 0. The second-order valence-electron chi connectivity index (χ2n) is 5.83. The predicted molar refractivity (Wildman–Crippen MR) is 93.5 cm³/mol. The summed E-state index contributed by atoms with van der Waals surface area (Å²) in [6.07, 6.45) is 2.31. The Kier molecular flexibility index (Phi) is 4.12. The van der Waals surface area contributed by atoms with E-state index in [2.05, 4.69) is 9.98 Å². The van der Waals surface area contributed by atoms with Gasteiger partial charge in [0.1, 0.15) is 11.4 Å². The fraction of sp³-hybridized carbons (Fsp3) is 0.222. The molecule has 0 saturated heterocycles. The molecule has 0 unspecified atom stereocenters. The van der Waals surface area contributed by atoms with Crippen molar-refractivity contribution in [2.24, 2.45) is 9.98 Å². The van der Waals surface area contributed by atoms with Gasteiger partial charge >= 0.3 is 0 Å². The third kappa shape index (κ3) is 2.78. The molecule has 1 aromatic rings. The molecule has 122 valence electrons. The van der Waals surface area contributed by atoms with Crippen molar-refractivity contribution in [3.8, 4) is 0 Å². The lowest BCUT2D eigenvalue weighted by molar-refractivity contribution is -0.128. The van der Waals surface area contributed by atoms with Crippen LogP contribution in [0.25, 0.3) is 6.08 Å². The number of ketones is 1. The molecule has 0 radical (unpaired) electrons. The van der Waals surface area contributed by atoms with Crippen LogP contribution in [-0.2, 0) is 9.59 Å². The summed E-state index contributed by atoms with van der Waals surface area (Å²) in [4.78, 5) is 35.6. The number of likely N-dealkylation sites (N-methyl/N-ethyl adjacent to an activating group) is 2. The minimum atomic E-state index is -0.581. The van der Waals surface area contributed by atoms with Crippen LogP contribution in [0.4, 0.5) is 0 Å². The van der Waals surface area contributed by atoms with Crippen LogP contribution in [0.2, 0.25) is 0 Å². The third-order valence-electron chi connectivity index (χ3n) is 3.91. The highest BCUT2D eigenvalue weighted by atomic mass is 16.2. The minimum Gasteiger partial charge on any atom is -0.352 e. The average molecular weight is 322 g/mol. The number of carbonyl (C=O) groups excluding carboxylic acids is 2. The molecule has 0 bridgehead atoms. The summed E-state index contributed by atoms with van der Waals surface area (Å²) in [6.45, 7) is 2.40. The Hall–Kier alpha value is -3.02. The molecular weight excluding hydrogens is 304 g/mol. The third-order valence-corrected chi connectivity index (χ3v) is 3.91. The molecule has 0 amide bonds. The van der Waals surface area contributed by atoms with E-state index in [0.29, 0.717) is 36.0 Å². The Morgan fingerprint density at radius 3 is 2.50 bits per heavy atom. The highest BCUT2D eigenvalue weighted by Gasteiger charge is 2.33. The number of fused-ring (bicyclic) bond motifs is 1. The van der Waals surface area contributed by atoms with Gasteiger partial charge in [-0.05, 0) is 24.1 Å². The van der Waals surface area contributed by atoms with Crippen LogP contribution in [-0.4, -0.2) is 54.3 Å². The number of rotatable bonds is 4. The van der Waals surface area contributed by atoms with E-state index in [9.17, 15) is 9.59 Å². The van der Waals surface area contributed by atoms with Gasteiger partial charge in [-0.1, -0.05) is 30.3 Å². The van der Waals surface area contributed by atoms with Gasteiger partial charge in [0.05, 0.1) is 6.67 Å². The topological polar surface area (TPSA) is 65.3 Å². The number of nitrogens with zero attached hydrogens (tertiary/aromatic N) is 4. The zero-order chi connectivity index (χ0) is 17.3. The molecule has 6 heteroatoms. The molecule has 6 nitrogen and oxygen atoms in total. The van der Waals surface area contributed by atoms with E-state index < -0.39 is 5.78 Å².